The Morgan fingerprint density at radius 3 is 2.50 bits per heavy atom. The first kappa shape index (κ1) is 8.68. The second kappa shape index (κ2) is 4.55. The molecule has 0 atom stereocenters. The lowest BCUT2D eigenvalue weighted by molar-refractivity contribution is -0.137. The van der Waals surface area contributed by atoms with E-state index in [1.54, 1.807) is 6.92 Å². The molecule has 0 saturated carbocycles. The van der Waals surface area contributed by atoms with E-state index in [4.69, 9.17) is 0 Å². The number of methoxy groups -OCH3 is 1. The van der Waals surface area contributed by atoms with Crippen molar-refractivity contribution in [2.75, 3.05) is 7.11 Å². The Hall–Kier alpha value is -1.32. The second-order valence-electron chi connectivity index (χ2n) is 1.46. The van der Waals surface area contributed by atoms with E-state index in [-0.39, 0.29) is 5.70 Å². The van der Waals surface area contributed by atoms with Crippen LogP contribution in [0.3, 0.4) is 0 Å². The Labute approximate surface area is 58.9 Å². The average Bonchev–Trinajstić information content (AvgIpc) is 1.99. The molecule has 1 N–H and O–H groups in total. The molecule has 0 bridgehead atoms. The monoisotopic (exact) mass is 143 g/mol. The lowest BCUT2D eigenvalue weighted by Gasteiger charge is -1.99. The third-order valence-electron chi connectivity index (χ3n) is 0.908. The molecular weight excluding hydrogens is 134 g/mol. The highest BCUT2D eigenvalue weighted by Gasteiger charge is 2.04. The zero-order valence-electron chi connectivity index (χ0n) is 5.88. The molecule has 1 amide bonds. The first-order chi connectivity index (χ1) is 4.76. The zero-order chi connectivity index (χ0) is 7.98. The Morgan fingerprint density at radius 1 is 1.60 bits per heavy atom. The Kier molecular flexibility index (Phi) is 3.95. The molecule has 10 heavy (non-hydrogen) atoms. The number of nitrogens with one attached hydrogen (secondary N) is 1. The van der Waals surface area contributed by atoms with Gasteiger partial charge in [0.25, 0.3) is 0 Å². The van der Waals surface area contributed by atoms with Crippen molar-refractivity contribution < 1.29 is 14.3 Å². The van der Waals surface area contributed by atoms with Crippen LogP contribution in [-0.2, 0) is 14.3 Å². The average molecular weight is 143 g/mol. The standard InChI is InChI=1S/C6H9NO3/c1-3-5(7-4-8)6(9)10-2/h3-4H,1-2H3,(H,7,8). The first-order valence-electron chi connectivity index (χ1n) is 2.71. The molecule has 0 aliphatic carbocycles. The summed E-state index contributed by atoms with van der Waals surface area (Å²) < 4.78 is 4.33. The van der Waals surface area contributed by atoms with Gasteiger partial charge in [-0.25, -0.2) is 4.79 Å². The minimum Gasteiger partial charge on any atom is -0.464 e. The van der Waals surface area contributed by atoms with Crippen LogP contribution in [0.4, 0.5) is 0 Å². The van der Waals surface area contributed by atoms with Crippen LogP contribution in [0, 0.1) is 0 Å². The van der Waals surface area contributed by atoms with Crippen LogP contribution < -0.4 is 5.32 Å². The first-order valence-corrected chi connectivity index (χ1v) is 2.71. The molecule has 0 heterocycles. The number of hydrogen-bond acceptors (Lipinski definition) is 3. The van der Waals surface area contributed by atoms with Crippen LogP contribution in [0.25, 0.3) is 0 Å². The summed E-state index contributed by atoms with van der Waals surface area (Å²) in [6.45, 7) is 1.63. The van der Waals surface area contributed by atoms with E-state index < -0.39 is 5.97 Å². The fourth-order valence-electron chi connectivity index (χ4n) is 0.434. The van der Waals surface area contributed by atoms with E-state index in [0.717, 1.165) is 0 Å². The van der Waals surface area contributed by atoms with Gasteiger partial charge in [0.15, 0.2) is 0 Å². The van der Waals surface area contributed by atoms with Crippen molar-refractivity contribution in [3.8, 4) is 0 Å². The van der Waals surface area contributed by atoms with Crippen LogP contribution in [0.15, 0.2) is 11.8 Å². The molecule has 0 fully saturated rings. The number of amides is 1. The maximum absolute atomic E-state index is 10.6. The SMILES string of the molecule is CC=C(NC=O)C(=O)OC. The van der Waals surface area contributed by atoms with E-state index in [9.17, 15) is 9.59 Å². The second-order valence-corrected chi connectivity index (χ2v) is 1.46. The van der Waals surface area contributed by atoms with Crippen molar-refractivity contribution in [1.82, 2.24) is 5.32 Å². The summed E-state index contributed by atoms with van der Waals surface area (Å²) in [7, 11) is 1.25. The smallest absolute Gasteiger partial charge is 0.354 e. The summed E-state index contributed by atoms with van der Waals surface area (Å²) in [6.07, 6.45) is 1.88. The molecular formula is C6H9NO3. The molecule has 0 spiro atoms. The molecule has 4 heteroatoms. The third-order valence-corrected chi connectivity index (χ3v) is 0.908. The Balaban J connectivity index is 4.08. The number of hydrogen-bond donors (Lipinski definition) is 1. The van der Waals surface area contributed by atoms with Crippen molar-refractivity contribution in [1.29, 1.82) is 0 Å². The molecule has 0 radical (unpaired) electrons. The molecule has 0 aromatic heterocycles. The van der Waals surface area contributed by atoms with Crippen LogP contribution in [0.5, 0.6) is 0 Å². The van der Waals surface area contributed by atoms with Gasteiger partial charge in [-0.15, -0.1) is 0 Å². The van der Waals surface area contributed by atoms with Crippen LogP contribution in [-0.4, -0.2) is 19.5 Å². The number of carbonyl (C=O) groups excluding carboxylic acids is 2. The summed E-state index contributed by atoms with van der Waals surface area (Å²) >= 11 is 0. The summed E-state index contributed by atoms with van der Waals surface area (Å²) in [5, 5.41) is 2.19. The molecule has 0 aromatic rings. The van der Waals surface area contributed by atoms with E-state index in [2.05, 4.69) is 10.1 Å². The molecule has 0 aliphatic heterocycles. The molecule has 0 aliphatic rings. The van der Waals surface area contributed by atoms with Crippen LogP contribution in [0.2, 0.25) is 0 Å². The van der Waals surface area contributed by atoms with Crippen molar-refractivity contribution in [3.05, 3.63) is 11.8 Å². The van der Waals surface area contributed by atoms with E-state index in [1.807, 2.05) is 0 Å². The molecule has 56 valence electrons. The van der Waals surface area contributed by atoms with E-state index in [1.165, 1.54) is 13.2 Å². The molecule has 0 rings (SSSR count). The van der Waals surface area contributed by atoms with Gasteiger partial charge in [0.2, 0.25) is 6.41 Å². The quantitative estimate of drug-likeness (QED) is 0.338. The van der Waals surface area contributed by atoms with Gasteiger partial charge >= 0.3 is 5.97 Å². The van der Waals surface area contributed by atoms with E-state index in [0.29, 0.717) is 6.41 Å². The van der Waals surface area contributed by atoms with Gasteiger partial charge in [-0.3, -0.25) is 4.79 Å². The van der Waals surface area contributed by atoms with Crippen LogP contribution in [0.1, 0.15) is 6.92 Å². The van der Waals surface area contributed by atoms with Crippen molar-refractivity contribution in [3.63, 3.8) is 0 Å². The highest BCUT2D eigenvalue weighted by Crippen LogP contribution is 1.89. The largest absolute Gasteiger partial charge is 0.464 e. The number of rotatable bonds is 3. The fraction of sp³-hybridized carbons (Fsp3) is 0.333. The summed E-state index contributed by atoms with van der Waals surface area (Å²) in [6, 6.07) is 0. The normalized spacial score (nSPS) is 10.4. The molecule has 0 saturated heterocycles. The number of ether oxygens (including phenoxy) is 1. The van der Waals surface area contributed by atoms with Crippen LogP contribution >= 0.6 is 0 Å². The summed E-state index contributed by atoms with van der Waals surface area (Å²) in [5.74, 6) is -0.547. The Morgan fingerprint density at radius 2 is 2.20 bits per heavy atom. The predicted octanol–water partition coefficient (Wildman–Crippen LogP) is -0.191. The van der Waals surface area contributed by atoms with Gasteiger partial charge in [0.1, 0.15) is 5.70 Å². The van der Waals surface area contributed by atoms with Crippen molar-refractivity contribution >= 4 is 12.4 Å². The highest BCUT2D eigenvalue weighted by molar-refractivity contribution is 5.89. The maximum atomic E-state index is 10.6. The molecule has 4 nitrogen and oxygen atoms in total. The predicted molar refractivity (Wildman–Crippen MR) is 35.0 cm³/mol. The third kappa shape index (κ3) is 2.30. The molecule has 0 unspecified atom stereocenters. The van der Waals surface area contributed by atoms with Gasteiger partial charge in [-0.2, -0.15) is 0 Å². The summed E-state index contributed by atoms with van der Waals surface area (Å²) in [4.78, 5) is 20.5. The van der Waals surface area contributed by atoms with E-state index >= 15 is 0 Å². The Bertz CT molecular complexity index is 162. The lowest BCUT2D eigenvalue weighted by atomic mass is 10.4. The molecule has 0 aromatic carbocycles. The maximum Gasteiger partial charge on any atom is 0.354 e. The zero-order valence-corrected chi connectivity index (χ0v) is 5.88. The van der Waals surface area contributed by atoms with Gasteiger partial charge in [-0.05, 0) is 6.92 Å². The number of carbonyl (C=O) groups is 2. The van der Waals surface area contributed by atoms with Gasteiger partial charge in [-0.1, -0.05) is 6.08 Å². The van der Waals surface area contributed by atoms with Gasteiger partial charge in [0, 0.05) is 0 Å². The van der Waals surface area contributed by atoms with Gasteiger partial charge < -0.3 is 10.1 Å². The van der Waals surface area contributed by atoms with Crippen molar-refractivity contribution in [2.45, 2.75) is 6.92 Å². The topological polar surface area (TPSA) is 55.4 Å². The number of allylic oxidation sites excluding steroid dienone is 1. The van der Waals surface area contributed by atoms with Crippen molar-refractivity contribution in [2.24, 2.45) is 0 Å². The lowest BCUT2D eigenvalue weighted by Crippen LogP contribution is -2.19. The minimum absolute atomic E-state index is 0.150. The fourth-order valence-corrected chi connectivity index (χ4v) is 0.434. The minimum atomic E-state index is -0.547. The summed E-state index contributed by atoms with van der Waals surface area (Å²) in [5.41, 5.74) is 0.150. The highest BCUT2D eigenvalue weighted by atomic mass is 16.5. The van der Waals surface area contributed by atoms with Gasteiger partial charge in [0.05, 0.1) is 7.11 Å². The number of esters is 1.